The van der Waals surface area contributed by atoms with E-state index in [-0.39, 0.29) is 24.3 Å². The molecule has 13 heteroatoms. The summed E-state index contributed by atoms with van der Waals surface area (Å²) in [5.74, 6) is -1.13. The molecule has 0 saturated heterocycles. The Morgan fingerprint density at radius 2 is 1.48 bits per heavy atom. The lowest BCUT2D eigenvalue weighted by molar-refractivity contribution is -0.139. The van der Waals surface area contributed by atoms with Crippen molar-refractivity contribution in [1.82, 2.24) is 34.6 Å². The number of aromatic nitrogens is 7. The highest BCUT2D eigenvalue weighted by molar-refractivity contribution is 6.07. The molecule has 1 aliphatic heterocycles. The molecule has 3 aromatic heterocycles. The molecule has 8 rings (SSSR count). The van der Waals surface area contributed by atoms with Crippen molar-refractivity contribution < 1.29 is 15.0 Å². The predicted octanol–water partition coefficient (Wildman–Crippen LogP) is 4.09. The van der Waals surface area contributed by atoms with E-state index in [0.717, 1.165) is 11.1 Å². The first-order valence-corrected chi connectivity index (χ1v) is 17.1. The van der Waals surface area contributed by atoms with Crippen LogP contribution in [0.3, 0.4) is 0 Å². The fraction of sp³-hybridized carbons (Fsp3) is 0.205. The second-order valence-electron chi connectivity index (χ2n) is 13.1. The fourth-order valence-electron chi connectivity index (χ4n) is 6.97. The number of benzene rings is 4. The number of allylic oxidation sites excluding steroid dienone is 1. The molecule has 0 bridgehead atoms. The van der Waals surface area contributed by atoms with E-state index in [0.29, 0.717) is 64.0 Å². The van der Waals surface area contributed by atoms with E-state index in [1.54, 1.807) is 59.1 Å². The van der Waals surface area contributed by atoms with Crippen molar-refractivity contribution in [3.8, 4) is 11.4 Å². The van der Waals surface area contributed by atoms with Gasteiger partial charge >= 0.3 is 0 Å². The number of nitrogens with one attached hydrogen (secondary N) is 2. The van der Waals surface area contributed by atoms with Crippen molar-refractivity contribution in [1.29, 1.82) is 0 Å². The normalized spacial score (nSPS) is 16.4. The second kappa shape index (κ2) is 13.1. The Morgan fingerprint density at radius 1 is 0.846 bits per heavy atom. The summed E-state index contributed by atoms with van der Waals surface area (Å²) in [5, 5.41) is 37.2. The molecule has 262 valence electrons. The number of aliphatic hydroxyl groups is 2. The average molecular weight is 697 g/mol. The van der Waals surface area contributed by atoms with Crippen molar-refractivity contribution in [3.63, 3.8) is 0 Å². The van der Waals surface area contributed by atoms with Crippen LogP contribution in [0.15, 0.2) is 119 Å². The molecule has 1 aliphatic rings. The summed E-state index contributed by atoms with van der Waals surface area (Å²) >= 11 is 0. The fourth-order valence-corrected chi connectivity index (χ4v) is 6.97. The molecule has 7 aromatic rings. The highest BCUT2D eigenvalue weighted by Crippen LogP contribution is 2.46. The highest BCUT2D eigenvalue weighted by Gasteiger charge is 2.52. The van der Waals surface area contributed by atoms with Crippen LogP contribution >= 0.6 is 0 Å². The van der Waals surface area contributed by atoms with Gasteiger partial charge in [0.15, 0.2) is 5.60 Å². The van der Waals surface area contributed by atoms with Gasteiger partial charge in [0.25, 0.3) is 17.0 Å². The number of carbonyl (C=O) groups excluding carboxylic acids is 1. The van der Waals surface area contributed by atoms with E-state index < -0.39 is 17.4 Å². The Kier molecular flexibility index (Phi) is 8.28. The first kappa shape index (κ1) is 32.9. The van der Waals surface area contributed by atoms with Gasteiger partial charge < -0.3 is 15.1 Å². The molecule has 0 aliphatic carbocycles. The molecular weight excluding hydrogens is 660 g/mol. The standard InChI is InChI=1S/C39H36N8O5/c1-25(8-6-7-20-44-24-27(19-21-48)40-43-44)39(52)32-22-29(47-37(50)31-10-3-5-12-34(31)42-47)17-18-35(32)45(38(39)51)23-26-13-15-28(16-14-26)46-36(49)30-9-2-4-11-33(30)41-46/h2-6,8-18,22,24-25,41-42,48,52H,7,19-21,23H2,1H3/b8-6+/t25-,39+/m0/s1. The van der Waals surface area contributed by atoms with Crippen molar-refractivity contribution >= 4 is 33.4 Å². The third-order valence-electron chi connectivity index (χ3n) is 9.79. The van der Waals surface area contributed by atoms with Crippen LogP contribution in [-0.2, 0) is 29.9 Å². The number of anilines is 1. The topological polar surface area (TPSA) is 167 Å². The van der Waals surface area contributed by atoms with Gasteiger partial charge in [0.1, 0.15) is 0 Å². The summed E-state index contributed by atoms with van der Waals surface area (Å²) in [7, 11) is 0. The first-order valence-electron chi connectivity index (χ1n) is 17.1. The minimum atomic E-state index is -1.93. The lowest BCUT2D eigenvalue weighted by Gasteiger charge is -2.28. The second-order valence-corrected chi connectivity index (χ2v) is 13.1. The lowest BCUT2D eigenvalue weighted by Crippen LogP contribution is -2.44. The van der Waals surface area contributed by atoms with Crippen LogP contribution in [-0.4, -0.2) is 57.3 Å². The number of aliphatic hydroxyl groups excluding tert-OH is 1. The maximum Gasteiger partial charge on any atom is 0.279 e. The molecule has 13 nitrogen and oxygen atoms in total. The van der Waals surface area contributed by atoms with Gasteiger partial charge in [0.2, 0.25) is 0 Å². The van der Waals surface area contributed by atoms with Crippen molar-refractivity contribution in [3.05, 3.63) is 147 Å². The SMILES string of the molecule is C[C@@H](/C=C/CCn1cc(CCO)nn1)[C@]1(O)C(=O)N(Cc2ccc(-n3[nH]c4ccccc4c3=O)cc2)c2ccc(-n3[nH]c4ccccc4c3=O)cc21. The van der Waals surface area contributed by atoms with E-state index in [1.807, 2.05) is 66.7 Å². The Hall–Kier alpha value is -6.31. The van der Waals surface area contributed by atoms with Gasteiger partial charge in [0, 0.05) is 37.3 Å². The number of aromatic amines is 2. The number of rotatable bonds is 11. The molecule has 4 N–H and O–H groups in total. The zero-order chi connectivity index (χ0) is 36.0. The van der Waals surface area contributed by atoms with E-state index in [9.17, 15) is 19.5 Å². The van der Waals surface area contributed by atoms with Crippen LogP contribution < -0.4 is 16.0 Å². The molecule has 4 heterocycles. The summed E-state index contributed by atoms with van der Waals surface area (Å²) in [4.78, 5) is 42.3. The number of hydrogen-bond acceptors (Lipinski definition) is 7. The quantitative estimate of drug-likeness (QED) is 0.148. The lowest BCUT2D eigenvalue weighted by atomic mass is 9.82. The molecule has 0 radical (unpaired) electrons. The van der Waals surface area contributed by atoms with Gasteiger partial charge in [-0.25, -0.2) is 9.36 Å². The molecule has 0 fully saturated rings. The summed E-state index contributed by atoms with van der Waals surface area (Å²) in [6, 6.07) is 27.1. The van der Waals surface area contributed by atoms with Gasteiger partial charge in [-0.1, -0.05) is 60.7 Å². The number of H-pyrrole nitrogens is 2. The van der Waals surface area contributed by atoms with Crippen molar-refractivity contribution in [2.45, 2.75) is 38.5 Å². The highest BCUT2D eigenvalue weighted by atomic mass is 16.3. The average Bonchev–Trinajstić information content (AvgIpc) is 3.91. The largest absolute Gasteiger partial charge is 0.396 e. The van der Waals surface area contributed by atoms with Crippen molar-refractivity contribution in [2.75, 3.05) is 11.5 Å². The van der Waals surface area contributed by atoms with E-state index >= 15 is 0 Å². The van der Waals surface area contributed by atoms with E-state index in [4.69, 9.17) is 5.11 Å². The molecule has 0 saturated carbocycles. The maximum absolute atomic E-state index is 14.4. The third-order valence-corrected chi connectivity index (χ3v) is 9.79. The predicted molar refractivity (Wildman–Crippen MR) is 197 cm³/mol. The third kappa shape index (κ3) is 5.56. The Labute approximate surface area is 296 Å². The van der Waals surface area contributed by atoms with Crippen LogP contribution in [0.5, 0.6) is 0 Å². The zero-order valence-electron chi connectivity index (χ0n) is 28.3. The maximum atomic E-state index is 14.4. The van der Waals surface area contributed by atoms with Crippen LogP contribution in [0.25, 0.3) is 33.2 Å². The summed E-state index contributed by atoms with van der Waals surface area (Å²) in [5.41, 5.74) is 2.65. The van der Waals surface area contributed by atoms with Crippen LogP contribution in [0.2, 0.25) is 0 Å². The first-order chi connectivity index (χ1) is 25.3. The molecule has 0 unspecified atom stereocenters. The van der Waals surface area contributed by atoms with E-state index in [2.05, 4.69) is 20.5 Å². The van der Waals surface area contributed by atoms with Crippen molar-refractivity contribution in [2.24, 2.45) is 5.92 Å². The Morgan fingerprint density at radius 3 is 2.13 bits per heavy atom. The number of amides is 1. The Bertz CT molecular complexity index is 2590. The van der Waals surface area contributed by atoms with Crippen LogP contribution in [0.1, 0.15) is 30.2 Å². The number of aryl methyl sites for hydroxylation is 1. The van der Waals surface area contributed by atoms with E-state index in [1.165, 1.54) is 9.36 Å². The molecule has 52 heavy (non-hydrogen) atoms. The smallest absolute Gasteiger partial charge is 0.279 e. The molecule has 2 atom stereocenters. The minimum absolute atomic E-state index is 0.00447. The number of nitrogens with zero attached hydrogens (tertiary/aromatic N) is 6. The van der Waals surface area contributed by atoms with Gasteiger partial charge in [-0.3, -0.25) is 29.3 Å². The molecule has 1 amide bonds. The number of carbonyl (C=O) groups is 1. The summed E-state index contributed by atoms with van der Waals surface area (Å²) < 4.78 is 4.60. The van der Waals surface area contributed by atoms with Crippen LogP contribution in [0, 0.1) is 5.92 Å². The number of hydrogen-bond donors (Lipinski definition) is 4. The van der Waals surface area contributed by atoms with Crippen LogP contribution in [0.4, 0.5) is 5.69 Å². The van der Waals surface area contributed by atoms with Gasteiger partial charge in [-0.05, 0) is 66.6 Å². The molecule has 4 aromatic carbocycles. The molecule has 0 spiro atoms. The number of fused-ring (bicyclic) bond motifs is 3. The Balaban J connectivity index is 1.11. The summed E-state index contributed by atoms with van der Waals surface area (Å²) in [6.07, 6.45) is 6.52. The van der Waals surface area contributed by atoms with Gasteiger partial charge in [-0.15, -0.1) is 5.10 Å². The number of para-hydroxylation sites is 2. The summed E-state index contributed by atoms with van der Waals surface area (Å²) in [6.45, 7) is 2.49. The van der Waals surface area contributed by atoms with Gasteiger partial charge in [-0.2, -0.15) is 0 Å². The minimum Gasteiger partial charge on any atom is -0.396 e. The monoisotopic (exact) mass is 696 g/mol. The van der Waals surface area contributed by atoms with Gasteiger partial charge in [0.05, 0.1) is 51.1 Å². The molecular formula is C39H36N8O5. The zero-order valence-corrected chi connectivity index (χ0v) is 28.3.